The van der Waals surface area contributed by atoms with Gasteiger partial charge in [-0.2, -0.15) is 0 Å². The van der Waals surface area contributed by atoms with Gasteiger partial charge < -0.3 is 18.9 Å². The third kappa shape index (κ3) is 6.24. The fourth-order valence-electron chi connectivity index (χ4n) is 4.39. The number of nitrogens with zero attached hydrogens (tertiary/aromatic N) is 3. The van der Waals surface area contributed by atoms with Crippen LogP contribution in [0.5, 0.6) is 5.75 Å². The van der Waals surface area contributed by atoms with Crippen molar-refractivity contribution in [3.63, 3.8) is 0 Å². The van der Waals surface area contributed by atoms with Gasteiger partial charge in [0.25, 0.3) is 10.0 Å². The van der Waals surface area contributed by atoms with E-state index in [4.69, 9.17) is 9.47 Å². The molecule has 0 aliphatic carbocycles. The molecular formula is C26H32N4O5S. The molecule has 1 aromatic heterocycles. The van der Waals surface area contributed by atoms with Gasteiger partial charge in [-0.3, -0.25) is 0 Å². The van der Waals surface area contributed by atoms with Gasteiger partial charge in [0.15, 0.2) is 5.03 Å². The van der Waals surface area contributed by atoms with Crippen LogP contribution in [0.2, 0.25) is 0 Å². The fourth-order valence-corrected chi connectivity index (χ4v) is 5.38. The standard InChI is InChI=1S/C26H32N4O5S/c1-3-34-26(31)30-14-7-10-21-11-12-22(17-23(21)24(30)16-20-8-5-4-6-9-20)35-15-13-28-36(32,33)25-18-29(2)19-27-25/h4-6,8-9,11-12,17-19,24,28H,3,7,10,13-16H2,1-2H3. The van der Waals surface area contributed by atoms with Gasteiger partial charge in [0, 0.05) is 26.3 Å². The molecule has 192 valence electrons. The second-order valence-electron chi connectivity index (χ2n) is 8.69. The van der Waals surface area contributed by atoms with E-state index in [0.29, 0.717) is 25.3 Å². The van der Waals surface area contributed by atoms with E-state index in [1.807, 2.05) is 48.2 Å². The quantitative estimate of drug-likeness (QED) is 0.441. The summed E-state index contributed by atoms with van der Waals surface area (Å²) in [5.41, 5.74) is 3.32. The molecule has 0 fully saturated rings. The number of rotatable bonds is 9. The minimum absolute atomic E-state index is 0.0298. The van der Waals surface area contributed by atoms with E-state index in [2.05, 4.69) is 21.8 Å². The highest BCUT2D eigenvalue weighted by atomic mass is 32.2. The van der Waals surface area contributed by atoms with Crippen LogP contribution in [0.4, 0.5) is 4.79 Å². The first-order chi connectivity index (χ1) is 17.4. The maximum Gasteiger partial charge on any atom is 0.410 e. The SMILES string of the molecule is CCOC(=O)N1CCCc2ccc(OCCNS(=O)(=O)c3cn(C)cn3)cc2C1Cc1ccccc1. The second kappa shape index (κ2) is 11.6. The Morgan fingerprint density at radius 2 is 2.00 bits per heavy atom. The van der Waals surface area contributed by atoms with Crippen LogP contribution in [0.15, 0.2) is 66.1 Å². The molecule has 1 amide bonds. The summed E-state index contributed by atoms with van der Waals surface area (Å²) in [5, 5.41) is -0.0298. The first-order valence-corrected chi connectivity index (χ1v) is 13.6. The van der Waals surface area contributed by atoms with E-state index >= 15 is 0 Å². The number of carbonyl (C=O) groups is 1. The van der Waals surface area contributed by atoms with E-state index in [0.717, 1.165) is 24.0 Å². The number of fused-ring (bicyclic) bond motifs is 1. The van der Waals surface area contributed by atoms with E-state index in [1.165, 1.54) is 18.1 Å². The van der Waals surface area contributed by atoms with Crippen LogP contribution in [0.3, 0.4) is 0 Å². The summed E-state index contributed by atoms with van der Waals surface area (Å²) >= 11 is 0. The van der Waals surface area contributed by atoms with Gasteiger partial charge in [-0.1, -0.05) is 36.4 Å². The molecule has 1 aliphatic heterocycles. The van der Waals surface area contributed by atoms with Crippen LogP contribution in [0, 0.1) is 0 Å². The lowest BCUT2D eigenvalue weighted by atomic mass is 9.93. The minimum atomic E-state index is -3.70. The van der Waals surface area contributed by atoms with Crippen LogP contribution >= 0.6 is 0 Å². The average Bonchev–Trinajstić information content (AvgIpc) is 3.24. The molecule has 1 aliphatic rings. The number of nitrogens with one attached hydrogen (secondary N) is 1. The van der Waals surface area contributed by atoms with Crippen LogP contribution in [0.25, 0.3) is 0 Å². The number of amides is 1. The zero-order chi connectivity index (χ0) is 25.5. The number of benzene rings is 2. The van der Waals surface area contributed by atoms with E-state index < -0.39 is 10.0 Å². The normalized spacial score (nSPS) is 15.7. The maximum atomic E-state index is 12.9. The van der Waals surface area contributed by atoms with Crippen molar-refractivity contribution >= 4 is 16.1 Å². The van der Waals surface area contributed by atoms with E-state index in [9.17, 15) is 13.2 Å². The molecule has 0 spiro atoms. The molecule has 10 heteroatoms. The Morgan fingerprint density at radius 1 is 1.19 bits per heavy atom. The van der Waals surface area contributed by atoms with Gasteiger partial charge in [0.1, 0.15) is 12.4 Å². The van der Waals surface area contributed by atoms with Gasteiger partial charge in [0.2, 0.25) is 0 Å². The summed E-state index contributed by atoms with van der Waals surface area (Å²) in [6, 6.07) is 15.8. The monoisotopic (exact) mass is 512 g/mol. The molecule has 4 rings (SSSR count). The Bertz CT molecular complexity index is 1280. The number of aromatic nitrogens is 2. The summed E-state index contributed by atoms with van der Waals surface area (Å²) in [4.78, 5) is 18.6. The molecule has 2 aromatic carbocycles. The highest BCUT2D eigenvalue weighted by Gasteiger charge is 2.30. The predicted octanol–water partition coefficient (Wildman–Crippen LogP) is 3.47. The Hall–Kier alpha value is -3.37. The highest BCUT2D eigenvalue weighted by Crippen LogP contribution is 2.34. The lowest BCUT2D eigenvalue weighted by Crippen LogP contribution is -2.36. The van der Waals surface area contributed by atoms with Crippen molar-refractivity contribution in [1.82, 2.24) is 19.2 Å². The molecule has 0 bridgehead atoms. The van der Waals surface area contributed by atoms with Gasteiger partial charge >= 0.3 is 6.09 Å². The summed E-state index contributed by atoms with van der Waals surface area (Å²) in [6.07, 6.45) is 4.90. The largest absolute Gasteiger partial charge is 0.492 e. The molecule has 9 nitrogen and oxygen atoms in total. The highest BCUT2D eigenvalue weighted by molar-refractivity contribution is 7.89. The number of hydrogen-bond acceptors (Lipinski definition) is 6. The third-order valence-electron chi connectivity index (χ3n) is 6.09. The number of imidazole rings is 1. The smallest absolute Gasteiger partial charge is 0.410 e. The molecule has 1 atom stereocenters. The van der Waals surface area contributed by atoms with Gasteiger partial charge in [0.05, 0.1) is 19.0 Å². The van der Waals surface area contributed by atoms with Crippen molar-refractivity contribution in [2.45, 2.75) is 37.3 Å². The lowest BCUT2D eigenvalue weighted by Gasteiger charge is -2.30. The van der Waals surface area contributed by atoms with Gasteiger partial charge in [-0.15, -0.1) is 0 Å². The van der Waals surface area contributed by atoms with Gasteiger partial charge in [-0.25, -0.2) is 22.9 Å². The Morgan fingerprint density at radius 3 is 2.72 bits per heavy atom. The third-order valence-corrected chi connectivity index (χ3v) is 7.44. The predicted molar refractivity (Wildman–Crippen MR) is 135 cm³/mol. The van der Waals surface area contributed by atoms with Crippen LogP contribution < -0.4 is 9.46 Å². The molecule has 1 N–H and O–H groups in total. The van der Waals surface area contributed by atoms with E-state index in [-0.39, 0.29) is 30.3 Å². The van der Waals surface area contributed by atoms with Crippen LogP contribution in [-0.2, 0) is 34.6 Å². The number of sulfonamides is 1. The maximum absolute atomic E-state index is 12.9. The van der Waals surface area contributed by atoms with Crippen molar-refractivity contribution in [2.75, 3.05) is 26.3 Å². The van der Waals surface area contributed by atoms with Crippen molar-refractivity contribution < 1.29 is 22.7 Å². The minimum Gasteiger partial charge on any atom is -0.492 e. The average molecular weight is 513 g/mol. The molecule has 2 heterocycles. The zero-order valence-electron chi connectivity index (χ0n) is 20.6. The van der Waals surface area contributed by atoms with Gasteiger partial charge in [-0.05, 0) is 55.0 Å². The molecule has 0 saturated carbocycles. The number of carbonyl (C=O) groups excluding carboxylic acids is 1. The number of ether oxygens (including phenoxy) is 2. The molecule has 36 heavy (non-hydrogen) atoms. The Balaban J connectivity index is 1.50. The number of aryl methyl sites for hydroxylation is 2. The summed E-state index contributed by atoms with van der Waals surface area (Å²) in [5.74, 6) is 0.620. The summed E-state index contributed by atoms with van der Waals surface area (Å²) in [6.45, 7) is 2.98. The molecule has 0 radical (unpaired) electrons. The van der Waals surface area contributed by atoms with Crippen molar-refractivity contribution in [3.8, 4) is 5.75 Å². The second-order valence-corrected chi connectivity index (χ2v) is 10.4. The Kier molecular flexibility index (Phi) is 8.27. The topological polar surface area (TPSA) is 103 Å². The van der Waals surface area contributed by atoms with Crippen molar-refractivity contribution in [1.29, 1.82) is 0 Å². The summed E-state index contributed by atoms with van der Waals surface area (Å²) in [7, 11) is -1.99. The molecule has 0 saturated heterocycles. The first kappa shape index (κ1) is 25.7. The number of hydrogen-bond donors (Lipinski definition) is 1. The fraction of sp³-hybridized carbons (Fsp3) is 0.385. The molecule has 1 unspecified atom stereocenters. The van der Waals surface area contributed by atoms with E-state index in [1.54, 1.807) is 11.6 Å². The lowest BCUT2D eigenvalue weighted by molar-refractivity contribution is 0.0904. The van der Waals surface area contributed by atoms with Crippen LogP contribution in [0.1, 0.15) is 36.1 Å². The van der Waals surface area contributed by atoms with Crippen LogP contribution in [-0.4, -0.2) is 55.3 Å². The zero-order valence-corrected chi connectivity index (χ0v) is 21.4. The molecule has 3 aromatic rings. The molecular weight excluding hydrogens is 480 g/mol. The first-order valence-electron chi connectivity index (χ1n) is 12.1. The summed E-state index contributed by atoms with van der Waals surface area (Å²) < 4.78 is 40.1. The van der Waals surface area contributed by atoms with Crippen molar-refractivity contribution in [2.24, 2.45) is 7.05 Å². The Labute approximate surface area is 212 Å². The van der Waals surface area contributed by atoms with Crippen molar-refractivity contribution in [3.05, 3.63) is 77.7 Å².